The van der Waals surface area contributed by atoms with Gasteiger partial charge in [-0.3, -0.25) is 0 Å². The summed E-state index contributed by atoms with van der Waals surface area (Å²) in [5.74, 6) is 1.17. The molecule has 0 saturated heterocycles. The highest BCUT2D eigenvalue weighted by atomic mass is 15.1. The Morgan fingerprint density at radius 2 is 2.00 bits per heavy atom. The number of aryl methyl sites for hydroxylation is 2. The molecule has 1 N–H and O–H groups in total. The molecule has 3 nitrogen and oxygen atoms in total. The predicted octanol–water partition coefficient (Wildman–Crippen LogP) is 3.88. The van der Waals surface area contributed by atoms with Gasteiger partial charge in [-0.05, 0) is 37.4 Å². The van der Waals surface area contributed by atoms with Crippen LogP contribution in [0.5, 0.6) is 0 Å². The Hall–Kier alpha value is -1.61. The van der Waals surface area contributed by atoms with E-state index in [4.69, 9.17) is 0 Å². The highest BCUT2D eigenvalue weighted by Crippen LogP contribution is 2.21. The molecule has 21 heavy (non-hydrogen) atoms. The average molecular weight is 285 g/mol. The lowest BCUT2D eigenvalue weighted by Gasteiger charge is -2.21. The van der Waals surface area contributed by atoms with Crippen molar-refractivity contribution in [2.45, 2.75) is 52.6 Å². The van der Waals surface area contributed by atoms with Crippen molar-refractivity contribution in [2.75, 3.05) is 6.54 Å². The van der Waals surface area contributed by atoms with Crippen LogP contribution in [0.1, 0.15) is 49.7 Å². The van der Waals surface area contributed by atoms with E-state index >= 15 is 0 Å². The topological polar surface area (TPSA) is 29.9 Å². The number of imidazole rings is 1. The highest BCUT2D eigenvalue weighted by Gasteiger charge is 2.16. The van der Waals surface area contributed by atoms with Crippen molar-refractivity contribution < 1.29 is 0 Å². The Labute approximate surface area is 128 Å². The van der Waals surface area contributed by atoms with Crippen molar-refractivity contribution in [3.8, 4) is 0 Å². The van der Waals surface area contributed by atoms with Gasteiger partial charge < -0.3 is 9.88 Å². The third kappa shape index (κ3) is 4.18. The fourth-order valence-corrected chi connectivity index (χ4v) is 2.75. The molecule has 1 atom stereocenters. The van der Waals surface area contributed by atoms with Gasteiger partial charge in [0, 0.05) is 31.4 Å². The maximum atomic E-state index is 4.56. The molecule has 0 aliphatic rings. The van der Waals surface area contributed by atoms with E-state index in [9.17, 15) is 0 Å². The number of rotatable bonds is 8. The van der Waals surface area contributed by atoms with Gasteiger partial charge >= 0.3 is 0 Å². The molecule has 0 amide bonds. The number of benzene rings is 1. The molecule has 0 aliphatic carbocycles. The summed E-state index contributed by atoms with van der Waals surface area (Å²) in [7, 11) is 0. The van der Waals surface area contributed by atoms with Crippen LogP contribution in [0.15, 0.2) is 36.7 Å². The van der Waals surface area contributed by atoms with Gasteiger partial charge in [-0.1, -0.05) is 38.1 Å². The van der Waals surface area contributed by atoms with Gasteiger partial charge in [-0.15, -0.1) is 0 Å². The van der Waals surface area contributed by atoms with Crippen LogP contribution in [0.25, 0.3) is 0 Å². The van der Waals surface area contributed by atoms with Gasteiger partial charge in [-0.25, -0.2) is 4.98 Å². The van der Waals surface area contributed by atoms with Crippen LogP contribution in [0.2, 0.25) is 0 Å². The summed E-state index contributed by atoms with van der Waals surface area (Å²) in [6.45, 7) is 8.68. The first kappa shape index (κ1) is 15.8. The maximum Gasteiger partial charge on any atom is 0.110 e. The monoisotopic (exact) mass is 285 g/mol. The van der Waals surface area contributed by atoms with Crippen molar-refractivity contribution in [3.05, 3.63) is 53.6 Å². The average Bonchev–Trinajstić information content (AvgIpc) is 2.92. The summed E-state index contributed by atoms with van der Waals surface area (Å²) >= 11 is 0. The number of hydrogen-bond acceptors (Lipinski definition) is 2. The largest absolute Gasteiger partial charge is 0.335 e. The van der Waals surface area contributed by atoms with E-state index in [1.165, 1.54) is 17.0 Å². The van der Waals surface area contributed by atoms with Crippen LogP contribution in [0.3, 0.4) is 0 Å². The van der Waals surface area contributed by atoms with Crippen molar-refractivity contribution in [1.29, 1.82) is 0 Å². The van der Waals surface area contributed by atoms with E-state index in [0.717, 1.165) is 32.4 Å². The molecule has 2 aromatic rings. The van der Waals surface area contributed by atoms with Crippen LogP contribution in [0.4, 0.5) is 0 Å². The molecule has 1 aromatic carbocycles. The minimum absolute atomic E-state index is 0.337. The number of nitrogens with zero attached hydrogens (tertiary/aromatic N) is 2. The molecular formula is C18H27N3. The molecule has 3 heteroatoms. The smallest absolute Gasteiger partial charge is 0.110 e. The van der Waals surface area contributed by atoms with E-state index in [2.05, 4.69) is 66.1 Å². The molecule has 0 radical (unpaired) electrons. The zero-order valence-electron chi connectivity index (χ0n) is 13.5. The molecule has 0 fully saturated rings. The molecule has 0 aliphatic heterocycles. The second kappa shape index (κ2) is 7.99. The van der Waals surface area contributed by atoms with E-state index in [-0.39, 0.29) is 0 Å². The molecule has 0 saturated carbocycles. The van der Waals surface area contributed by atoms with Crippen molar-refractivity contribution in [1.82, 2.24) is 14.9 Å². The zero-order valence-corrected chi connectivity index (χ0v) is 13.5. The molecule has 1 unspecified atom stereocenters. The van der Waals surface area contributed by atoms with Crippen LogP contribution >= 0.6 is 0 Å². The lowest BCUT2D eigenvalue weighted by atomic mass is 9.98. The molecular weight excluding hydrogens is 258 g/mol. The fraction of sp³-hybridized carbons (Fsp3) is 0.500. The molecule has 1 aromatic heterocycles. The van der Waals surface area contributed by atoms with E-state index in [1.54, 1.807) is 0 Å². The SMILES string of the molecule is CCCNC(Cc1nccn1CCC)c1ccccc1C. The zero-order chi connectivity index (χ0) is 15.1. The third-order valence-electron chi connectivity index (χ3n) is 3.86. The Bertz CT molecular complexity index is 545. The third-order valence-corrected chi connectivity index (χ3v) is 3.86. The van der Waals surface area contributed by atoms with Crippen LogP contribution in [-0.2, 0) is 13.0 Å². The Morgan fingerprint density at radius 1 is 1.19 bits per heavy atom. The normalized spacial score (nSPS) is 12.5. The van der Waals surface area contributed by atoms with Gasteiger partial charge in [0.05, 0.1) is 0 Å². The van der Waals surface area contributed by atoms with Gasteiger partial charge in [-0.2, -0.15) is 0 Å². The molecule has 2 rings (SSSR count). The fourth-order valence-electron chi connectivity index (χ4n) is 2.75. The van der Waals surface area contributed by atoms with Crippen LogP contribution in [0, 0.1) is 6.92 Å². The summed E-state index contributed by atoms with van der Waals surface area (Å²) in [5.41, 5.74) is 2.73. The van der Waals surface area contributed by atoms with Crippen molar-refractivity contribution >= 4 is 0 Å². The number of nitrogens with one attached hydrogen (secondary N) is 1. The van der Waals surface area contributed by atoms with Crippen LogP contribution < -0.4 is 5.32 Å². The summed E-state index contributed by atoms with van der Waals surface area (Å²) in [6, 6.07) is 8.99. The number of hydrogen-bond donors (Lipinski definition) is 1. The van der Waals surface area contributed by atoms with E-state index < -0.39 is 0 Å². The summed E-state index contributed by atoms with van der Waals surface area (Å²) in [6.07, 6.45) is 7.23. The van der Waals surface area contributed by atoms with Gasteiger partial charge in [0.2, 0.25) is 0 Å². The first-order valence-corrected chi connectivity index (χ1v) is 8.05. The Kier molecular flexibility index (Phi) is 6.00. The van der Waals surface area contributed by atoms with Crippen molar-refractivity contribution in [2.24, 2.45) is 0 Å². The second-order valence-corrected chi connectivity index (χ2v) is 5.60. The van der Waals surface area contributed by atoms with Gasteiger partial charge in [0.15, 0.2) is 0 Å². The standard InChI is InChI=1S/C18H27N3/c1-4-10-19-17(16-9-7-6-8-15(16)3)14-18-20-11-13-21(18)12-5-2/h6-9,11,13,17,19H,4-5,10,12,14H2,1-3H3. The quantitative estimate of drug-likeness (QED) is 0.797. The van der Waals surface area contributed by atoms with Crippen molar-refractivity contribution in [3.63, 3.8) is 0 Å². The molecule has 0 spiro atoms. The Balaban J connectivity index is 2.20. The first-order valence-electron chi connectivity index (χ1n) is 8.05. The second-order valence-electron chi connectivity index (χ2n) is 5.60. The first-order chi connectivity index (χ1) is 10.3. The lowest BCUT2D eigenvalue weighted by molar-refractivity contribution is 0.500. The van der Waals surface area contributed by atoms with Gasteiger partial charge in [0.25, 0.3) is 0 Å². The van der Waals surface area contributed by atoms with Crippen LogP contribution in [-0.4, -0.2) is 16.1 Å². The summed E-state index contributed by atoms with van der Waals surface area (Å²) in [4.78, 5) is 4.56. The minimum Gasteiger partial charge on any atom is -0.335 e. The lowest BCUT2D eigenvalue weighted by Crippen LogP contribution is -2.26. The maximum absolute atomic E-state index is 4.56. The predicted molar refractivity (Wildman–Crippen MR) is 88.4 cm³/mol. The Morgan fingerprint density at radius 3 is 2.71 bits per heavy atom. The van der Waals surface area contributed by atoms with E-state index in [1.807, 2.05) is 6.20 Å². The van der Waals surface area contributed by atoms with Gasteiger partial charge in [0.1, 0.15) is 5.82 Å². The molecule has 1 heterocycles. The minimum atomic E-state index is 0.337. The molecule has 114 valence electrons. The highest BCUT2D eigenvalue weighted by molar-refractivity contribution is 5.29. The van der Waals surface area contributed by atoms with E-state index in [0.29, 0.717) is 6.04 Å². The molecule has 0 bridgehead atoms. The number of aromatic nitrogens is 2. The summed E-state index contributed by atoms with van der Waals surface area (Å²) in [5, 5.41) is 3.68. The summed E-state index contributed by atoms with van der Waals surface area (Å²) < 4.78 is 2.28.